The topological polar surface area (TPSA) is 345 Å². The lowest BCUT2D eigenvalue weighted by Gasteiger charge is -2.37. The normalized spacial score (nSPS) is 13.6. The van der Waals surface area contributed by atoms with Gasteiger partial charge in [0.15, 0.2) is 0 Å². The second-order valence-electron chi connectivity index (χ2n) is 27.1. The molecule has 4 amide bonds. The summed E-state index contributed by atoms with van der Waals surface area (Å²) in [7, 11) is 0.0398. The van der Waals surface area contributed by atoms with Crippen LogP contribution in [0.15, 0.2) is 184 Å². The number of carbonyl (C=O) groups excluding carboxylic acids is 4. The zero-order valence-electron chi connectivity index (χ0n) is 65.6. The number of ether oxygens (including phenoxy) is 7. The molecule has 6 aromatic carbocycles. The number of nitrogens with zero attached hydrogens (tertiary/aromatic N) is 11. The number of piperazine rings is 2. The van der Waals surface area contributed by atoms with Crippen molar-refractivity contribution in [1.29, 1.82) is 0 Å². The second kappa shape index (κ2) is 40.1. The van der Waals surface area contributed by atoms with E-state index in [2.05, 4.69) is 102 Å². The van der Waals surface area contributed by atoms with Crippen LogP contribution in [0.5, 0.6) is 40.5 Å². The number of rotatable bonds is 26. The lowest BCUT2D eigenvalue weighted by Crippen LogP contribution is -2.50. The van der Waals surface area contributed by atoms with Gasteiger partial charge in [-0.05, 0) is 145 Å². The highest BCUT2D eigenvalue weighted by Crippen LogP contribution is 2.38. The van der Waals surface area contributed by atoms with Gasteiger partial charge in [0.25, 0.3) is 0 Å². The number of amides is 4. The lowest BCUT2D eigenvalue weighted by atomic mass is 10.2. The lowest BCUT2D eigenvalue weighted by molar-refractivity contribution is -0.112. The second-order valence-corrected chi connectivity index (χ2v) is 29.5. The van der Waals surface area contributed by atoms with Gasteiger partial charge in [-0.15, -0.1) is 0 Å². The molecule has 3 aromatic heterocycles. The van der Waals surface area contributed by atoms with Gasteiger partial charge in [-0.2, -0.15) is 19.3 Å². The van der Waals surface area contributed by atoms with Crippen LogP contribution in [0.1, 0.15) is 45.2 Å². The van der Waals surface area contributed by atoms with Gasteiger partial charge in [-0.3, -0.25) is 14.4 Å². The first-order valence-corrected chi connectivity index (χ1v) is 39.1. The van der Waals surface area contributed by atoms with Crippen molar-refractivity contribution in [3.63, 3.8) is 0 Å². The number of methoxy groups -OCH3 is 2. The number of halogens is 1. The van der Waals surface area contributed by atoms with Crippen molar-refractivity contribution in [1.82, 2.24) is 39.1 Å². The average molecular weight is 1610 g/mol. The van der Waals surface area contributed by atoms with E-state index in [4.69, 9.17) is 44.8 Å². The van der Waals surface area contributed by atoms with Gasteiger partial charge in [0.1, 0.15) is 45.2 Å². The smallest absolute Gasteiger partial charge is 0.410 e. The van der Waals surface area contributed by atoms with Crippen LogP contribution in [0.2, 0.25) is 5.02 Å². The molecule has 33 heteroatoms. The number of aromatic nitrogens is 6. The quantitative estimate of drug-likeness (QED) is 0.0248. The van der Waals surface area contributed by atoms with Crippen LogP contribution in [0.4, 0.5) is 85.3 Å². The molecule has 12 rings (SSSR count). The highest BCUT2D eigenvalue weighted by molar-refractivity contribution is 7.88. The van der Waals surface area contributed by atoms with E-state index in [1.807, 2.05) is 108 Å². The standard InChI is InChI=1S/C30H35ClN6O5.C26H31N7O4S.C26H29N5O4/c1-6-26(38)33-20-9-8-10-22(17-20)41-27-23(31)19-32-28(35-27)34-24-12-11-21(18-25(24)40-7-2)36-13-15-37(16-14-36)29(39)42-30(3,4)5;1-5-24(34)28-19-7-6-8-20(15-19)29-25-18(2)17-27-26(31-25)30-22-10-9-21(16-23(22)37-3)32-11-13-33(14-12-32)38(4,35)36;1-4-24(32)28-19-7-5-8-21(15-19)35-25-18(2)17-27-26(30-25)29-22-10-9-20(16-23(22)33-3)31-11-6-13-34-14-12-31/h6,8-12,17-19H,1,7,13-16H2,2-5H3,(H,33,38)(H,32,34,35);5-10,15-17H,1,11-14H2,2-4H3,(H,28,34)(H2,27,29,30,31);4-5,7-10,15-17H,1,6,11-14H2,2-3H3,(H,28,32)(H,27,29,30). The molecule has 115 heavy (non-hydrogen) atoms. The van der Waals surface area contributed by atoms with Gasteiger partial charge in [0, 0.05) is 166 Å². The molecule has 0 radical (unpaired) electrons. The molecular formula is C82H95ClN18O13S. The van der Waals surface area contributed by atoms with E-state index in [0.717, 1.165) is 65.7 Å². The predicted molar refractivity (Wildman–Crippen MR) is 450 cm³/mol. The third kappa shape index (κ3) is 24.9. The molecule has 3 fully saturated rings. The number of benzene rings is 6. The fourth-order valence-corrected chi connectivity index (χ4v) is 12.7. The van der Waals surface area contributed by atoms with Crippen LogP contribution >= 0.6 is 11.6 Å². The van der Waals surface area contributed by atoms with Gasteiger partial charge in [-0.25, -0.2) is 28.2 Å². The Balaban J connectivity index is 0.000000183. The Morgan fingerprint density at radius 2 is 0.983 bits per heavy atom. The van der Waals surface area contributed by atoms with E-state index in [0.29, 0.717) is 146 Å². The van der Waals surface area contributed by atoms with Crippen molar-refractivity contribution in [3.8, 4) is 40.5 Å². The molecule has 0 aliphatic carbocycles. The third-order valence-electron chi connectivity index (χ3n) is 17.5. The highest BCUT2D eigenvalue weighted by Gasteiger charge is 2.28. The van der Waals surface area contributed by atoms with Gasteiger partial charge in [0.2, 0.25) is 57.3 Å². The van der Waals surface area contributed by atoms with Crippen molar-refractivity contribution < 1.29 is 60.8 Å². The molecule has 0 saturated carbocycles. The van der Waals surface area contributed by atoms with E-state index in [-0.39, 0.29) is 40.7 Å². The SMILES string of the molecule is C=CC(=O)Nc1cccc(Nc2nc(Nc3ccc(N4CCN(S(C)(=O)=O)CC4)cc3OC)ncc2C)c1.C=CC(=O)Nc1cccc(Oc2nc(Nc3ccc(N4CCCOCC4)cc3OC)ncc2C)c1.C=CC(=O)Nc1cccc(Oc2nc(Nc3ccc(N4CCN(C(=O)OC(C)(C)C)CC4)cc3OCC)ncc2Cl)c1. The van der Waals surface area contributed by atoms with Crippen LogP contribution in [0.3, 0.4) is 0 Å². The molecule has 3 aliphatic heterocycles. The molecular weight excluding hydrogens is 1510 g/mol. The summed E-state index contributed by atoms with van der Waals surface area (Å²) in [6.07, 6.45) is 10.4. The van der Waals surface area contributed by atoms with Crippen LogP contribution in [0, 0.1) is 13.8 Å². The minimum absolute atomic E-state index is 0.138. The molecule has 7 N–H and O–H groups in total. The Labute approximate surface area is 674 Å². The van der Waals surface area contributed by atoms with Crippen LogP contribution in [-0.2, 0) is 33.9 Å². The maximum atomic E-state index is 12.4. The van der Waals surface area contributed by atoms with E-state index < -0.39 is 15.6 Å². The number of anilines is 14. The van der Waals surface area contributed by atoms with E-state index in [9.17, 15) is 27.6 Å². The monoisotopic (exact) mass is 1610 g/mol. The molecule has 0 atom stereocenters. The van der Waals surface area contributed by atoms with Gasteiger partial charge in [0.05, 0.1) is 56.9 Å². The molecule has 6 heterocycles. The number of carbonyl (C=O) groups is 4. The Hall–Kier alpha value is -12.8. The van der Waals surface area contributed by atoms with Crippen molar-refractivity contribution in [3.05, 3.63) is 200 Å². The molecule has 3 aliphatic rings. The minimum Gasteiger partial charge on any atom is -0.494 e. The van der Waals surface area contributed by atoms with Crippen molar-refractivity contribution >= 4 is 126 Å². The predicted octanol–water partition coefficient (Wildman–Crippen LogP) is 14.4. The molecule has 604 valence electrons. The fourth-order valence-electron chi connectivity index (χ4n) is 11.8. The Morgan fingerprint density at radius 1 is 0.530 bits per heavy atom. The Morgan fingerprint density at radius 3 is 1.50 bits per heavy atom. The summed E-state index contributed by atoms with van der Waals surface area (Å²) in [6.45, 7) is 29.9. The third-order valence-corrected chi connectivity index (χ3v) is 19.1. The zero-order valence-corrected chi connectivity index (χ0v) is 67.2. The van der Waals surface area contributed by atoms with Crippen molar-refractivity contribution in [2.45, 2.75) is 53.6 Å². The molecule has 3 saturated heterocycles. The summed E-state index contributed by atoms with van der Waals surface area (Å²) in [5.41, 5.74) is 8.67. The molecule has 0 unspecified atom stereocenters. The Kier molecular flexibility index (Phi) is 29.5. The summed E-state index contributed by atoms with van der Waals surface area (Å²) >= 11 is 6.32. The molecule has 0 bridgehead atoms. The largest absolute Gasteiger partial charge is 0.494 e. The molecule has 31 nitrogen and oxygen atoms in total. The van der Waals surface area contributed by atoms with Crippen LogP contribution in [-0.4, -0.2) is 183 Å². The van der Waals surface area contributed by atoms with Gasteiger partial charge < -0.3 is 90.0 Å². The zero-order chi connectivity index (χ0) is 82.2. The number of sulfonamides is 1. The van der Waals surface area contributed by atoms with Crippen LogP contribution in [0.25, 0.3) is 0 Å². The first kappa shape index (κ1) is 84.7. The number of nitrogens with one attached hydrogen (secondary N) is 7. The summed E-state index contributed by atoms with van der Waals surface area (Å²) in [4.78, 5) is 82.3. The fraction of sp³-hybridized carbons (Fsp3) is 0.293. The Bertz CT molecular complexity index is 5050. The number of hydrogen-bond donors (Lipinski definition) is 7. The summed E-state index contributed by atoms with van der Waals surface area (Å²) in [5, 5.41) is 21.3. The average Bonchev–Trinajstić information content (AvgIpc) is 0.894. The van der Waals surface area contributed by atoms with Crippen molar-refractivity contribution in [2.75, 3.05) is 158 Å². The van der Waals surface area contributed by atoms with Gasteiger partial charge in [-0.1, -0.05) is 49.5 Å². The summed E-state index contributed by atoms with van der Waals surface area (Å²) in [6, 6.07) is 38.7. The summed E-state index contributed by atoms with van der Waals surface area (Å²) in [5.74, 6) is 4.10. The maximum absolute atomic E-state index is 12.4. The number of aryl methyl sites for hydroxylation is 2. The molecule has 9 aromatic rings. The highest BCUT2D eigenvalue weighted by atomic mass is 35.5. The number of hydrogen-bond acceptors (Lipinski definition) is 26. The first-order chi connectivity index (χ1) is 55.2. The summed E-state index contributed by atoms with van der Waals surface area (Å²) < 4.78 is 65.2. The van der Waals surface area contributed by atoms with E-state index >= 15 is 0 Å². The van der Waals surface area contributed by atoms with Crippen molar-refractivity contribution in [2.24, 2.45) is 0 Å². The minimum atomic E-state index is -3.19. The van der Waals surface area contributed by atoms with E-state index in [1.54, 1.807) is 92.2 Å². The molecule has 0 spiro atoms. The van der Waals surface area contributed by atoms with E-state index in [1.165, 1.54) is 35.0 Å². The van der Waals surface area contributed by atoms with Gasteiger partial charge >= 0.3 is 6.09 Å². The van der Waals surface area contributed by atoms with Crippen LogP contribution < -0.4 is 75.6 Å². The maximum Gasteiger partial charge on any atom is 0.410 e. The first-order valence-electron chi connectivity index (χ1n) is 36.9.